The first kappa shape index (κ1) is 54.0. The van der Waals surface area contributed by atoms with Gasteiger partial charge in [-0.1, -0.05) is 196 Å². The van der Waals surface area contributed by atoms with Crippen molar-refractivity contribution in [2.24, 2.45) is 0 Å². The van der Waals surface area contributed by atoms with E-state index >= 15 is 0 Å². The van der Waals surface area contributed by atoms with Crippen molar-refractivity contribution in [1.29, 1.82) is 5.26 Å². The van der Waals surface area contributed by atoms with E-state index < -0.39 is 0 Å². The Balaban J connectivity index is 0.00000672. The Hall–Kier alpha value is -10.3. The van der Waals surface area contributed by atoms with Crippen LogP contribution < -0.4 is 9.30 Å². The van der Waals surface area contributed by atoms with Crippen LogP contribution >= 0.6 is 0 Å². The molecule has 0 radical (unpaired) electrons. The molecule has 4 heterocycles. The fourth-order valence-corrected chi connectivity index (χ4v) is 11.5. The Morgan fingerprint density at radius 3 is 1.59 bits per heavy atom. The number of para-hydroxylation sites is 3. The van der Waals surface area contributed by atoms with Crippen molar-refractivity contribution in [3.8, 4) is 102 Å². The molecule has 0 unspecified atom stereocenters. The number of hydrogen-bond donors (Lipinski definition) is 0. The number of nitrogens with zero attached hydrogens (tertiary/aromatic N) is 6. The Morgan fingerprint density at radius 2 is 1.04 bits per heavy atom. The number of hydrogen-bond acceptors (Lipinski definition) is 4. The van der Waals surface area contributed by atoms with E-state index in [2.05, 4.69) is 272 Å². The average Bonchev–Trinajstić information content (AvgIpc) is 2.81. The van der Waals surface area contributed by atoms with Crippen LogP contribution in [-0.4, -0.2) is 19.1 Å². The van der Waals surface area contributed by atoms with Gasteiger partial charge in [0.25, 0.3) is 6.33 Å². The Morgan fingerprint density at radius 1 is 0.494 bits per heavy atom. The van der Waals surface area contributed by atoms with Crippen molar-refractivity contribution < 1.29 is 30.4 Å². The number of nitriles is 1. The Labute approximate surface area is 509 Å². The molecule has 0 aliphatic heterocycles. The minimum atomic E-state index is -0.0964. The predicted molar refractivity (Wildman–Crippen MR) is 339 cm³/mol. The fourth-order valence-electron chi connectivity index (χ4n) is 11.5. The van der Waals surface area contributed by atoms with Gasteiger partial charge in [0.2, 0.25) is 0 Å². The quantitative estimate of drug-likeness (QED) is 0.0955. The second-order valence-electron chi connectivity index (χ2n) is 22.3. The number of benzene rings is 10. The number of rotatable bonds is 11. The molecule has 7 nitrogen and oxygen atoms in total. The number of aromatic nitrogens is 5. The molecule has 0 saturated carbocycles. The van der Waals surface area contributed by atoms with Crippen molar-refractivity contribution >= 4 is 32.8 Å². The molecule has 0 aliphatic carbocycles. The molecule has 10 aromatic carbocycles. The van der Waals surface area contributed by atoms with Gasteiger partial charge in [0.05, 0.1) is 22.8 Å². The summed E-state index contributed by atoms with van der Waals surface area (Å²) in [5.74, 6) is 1.58. The van der Waals surface area contributed by atoms with Gasteiger partial charge >= 0.3 is 0 Å². The standard InChI is InChI=1S/C77H54N6O.Pt/c1-51-36-73-70(49-80-51)69-33-32-65(47-74(69)83(73)75-45-63(34-35-79-75)77(2,3)4)84-66-38-52(48-78)37-64(46-66)81-50-82(72-31-18-17-30-71(72)81)76-67(61-41-57(53-20-9-5-10-21-53)39-58(42-61)54-22-11-6-12-23-54)28-19-29-68(76)62-43-59(55-24-13-7-14-25-55)40-60(44-62)56-26-15-8-16-27-56;/h5-45,49H,1-4H3;/q-2;. The summed E-state index contributed by atoms with van der Waals surface area (Å²) in [6, 6.07) is 94.5. The van der Waals surface area contributed by atoms with Crippen LogP contribution in [-0.2, 0) is 26.5 Å². The minimum Gasteiger partial charge on any atom is -0.510 e. The number of aryl methyl sites for hydroxylation is 1. The maximum Gasteiger partial charge on any atom is 0.268 e. The predicted octanol–water partition coefficient (Wildman–Crippen LogP) is 18.5. The van der Waals surface area contributed by atoms with Crippen molar-refractivity contribution in [3.63, 3.8) is 0 Å². The normalized spacial score (nSPS) is 11.4. The monoisotopic (exact) mass is 1270 g/mol. The molecular formula is C77H54N6OPt-2. The molecule has 0 fully saturated rings. The number of ether oxygens (including phenoxy) is 1. The van der Waals surface area contributed by atoms with E-state index in [9.17, 15) is 5.26 Å². The van der Waals surface area contributed by atoms with Crippen molar-refractivity contribution in [2.45, 2.75) is 33.1 Å². The van der Waals surface area contributed by atoms with E-state index in [0.717, 1.165) is 122 Å². The molecule has 85 heavy (non-hydrogen) atoms. The van der Waals surface area contributed by atoms with E-state index in [0.29, 0.717) is 22.7 Å². The third kappa shape index (κ3) is 10.4. The molecule has 410 valence electrons. The van der Waals surface area contributed by atoms with Gasteiger partial charge in [-0.2, -0.15) is 11.3 Å². The summed E-state index contributed by atoms with van der Waals surface area (Å²) in [5.41, 5.74) is 20.4. The largest absolute Gasteiger partial charge is 0.510 e. The van der Waals surface area contributed by atoms with Crippen LogP contribution in [0.2, 0.25) is 0 Å². The van der Waals surface area contributed by atoms with Crippen molar-refractivity contribution in [1.82, 2.24) is 19.1 Å². The molecule has 0 bridgehead atoms. The van der Waals surface area contributed by atoms with E-state index in [1.54, 1.807) is 6.07 Å². The van der Waals surface area contributed by atoms with E-state index in [1.807, 2.05) is 48.1 Å². The molecule has 14 rings (SSSR count). The Bertz CT molecular complexity index is 4600. The summed E-state index contributed by atoms with van der Waals surface area (Å²) in [7, 11) is 0. The first-order chi connectivity index (χ1) is 41.1. The number of fused-ring (bicyclic) bond motifs is 4. The molecule has 8 heteroatoms. The van der Waals surface area contributed by atoms with E-state index in [4.69, 9.17) is 9.72 Å². The number of imidazole rings is 1. The molecule has 0 saturated heterocycles. The maximum atomic E-state index is 10.8. The van der Waals surface area contributed by atoms with Gasteiger partial charge in [0, 0.05) is 56.2 Å². The first-order valence-electron chi connectivity index (χ1n) is 28.2. The van der Waals surface area contributed by atoms with Gasteiger partial charge in [-0.3, -0.25) is 9.55 Å². The molecule has 0 amide bonds. The summed E-state index contributed by atoms with van der Waals surface area (Å²) in [6.07, 6.45) is 7.65. The van der Waals surface area contributed by atoms with Gasteiger partial charge < -0.3 is 13.9 Å². The first-order valence-corrected chi connectivity index (χ1v) is 28.2. The van der Waals surface area contributed by atoms with Gasteiger partial charge in [-0.05, 0) is 150 Å². The maximum absolute atomic E-state index is 10.8. The zero-order valence-corrected chi connectivity index (χ0v) is 49.4. The minimum absolute atomic E-state index is 0. The van der Waals surface area contributed by atoms with Gasteiger partial charge in [-0.15, -0.1) is 35.7 Å². The molecule has 4 aromatic heterocycles. The van der Waals surface area contributed by atoms with Gasteiger partial charge in [0.1, 0.15) is 5.82 Å². The third-order valence-electron chi connectivity index (χ3n) is 15.7. The zero-order chi connectivity index (χ0) is 56.9. The van der Waals surface area contributed by atoms with E-state index in [1.165, 1.54) is 0 Å². The second-order valence-corrected chi connectivity index (χ2v) is 22.3. The van der Waals surface area contributed by atoms with Crippen molar-refractivity contribution in [3.05, 3.63) is 290 Å². The molecule has 0 N–H and O–H groups in total. The summed E-state index contributed by atoms with van der Waals surface area (Å²) >= 11 is 0. The van der Waals surface area contributed by atoms with Crippen LogP contribution in [0.25, 0.3) is 117 Å². The van der Waals surface area contributed by atoms with Gasteiger partial charge in [0.15, 0.2) is 0 Å². The molecule has 0 aliphatic rings. The number of pyridine rings is 2. The van der Waals surface area contributed by atoms with Crippen LogP contribution in [0.15, 0.2) is 255 Å². The van der Waals surface area contributed by atoms with Gasteiger partial charge in [-0.25, -0.2) is 4.98 Å². The second kappa shape index (κ2) is 22.5. The molecule has 0 spiro atoms. The zero-order valence-electron chi connectivity index (χ0n) is 47.2. The topological polar surface area (TPSA) is 72.5 Å². The smallest absolute Gasteiger partial charge is 0.268 e. The summed E-state index contributed by atoms with van der Waals surface area (Å²) < 4.78 is 13.1. The molecular weight excluding hydrogens is 1220 g/mol. The van der Waals surface area contributed by atoms with Crippen molar-refractivity contribution in [2.75, 3.05) is 0 Å². The van der Waals surface area contributed by atoms with Crippen LogP contribution in [0.5, 0.6) is 11.5 Å². The van der Waals surface area contributed by atoms with E-state index in [-0.39, 0.29) is 26.5 Å². The fraction of sp³-hybridized carbons (Fsp3) is 0.0649. The Kier molecular flexibility index (Phi) is 14.3. The SMILES string of the molecule is Cc1cc2c(cn1)c1ccc(Oc3[c-]c(-n4[c-][n+](-c5c(-c6cc(-c7ccccc7)cc(-c7ccccc7)c6)cccc5-c5cc(-c6ccccc6)cc(-c6ccccc6)c5)c5ccccc54)cc(C#N)c3)[c-]c1n2-c1cc(C(C)(C)C)ccn1.[Pt]. The molecule has 14 aromatic rings. The summed E-state index contributed by atoms with van der Waals surface area (Å²) in [5, 5.41) is 12.7. The van der Waals surface area contributed by atoms with Crippen LogP contribution in [0.3, 0.4) is 0 Å². The van der Waals surface area contributed by atoms with Crippen LogP contribution in [0.4, 0.5) is 0 Å². The average molecular weight is 1270 g/mol. The third-order valence-corrected chi connectivity index (χ3v) is 15.7. The summed E-state index contributed by atoms with van der Waals surface area (Å²) in [6.45, 7) is 8.61. The van der Waals surface area contributed by atoms with Crippen LogP contribution in [0.1, 0.15) is 37.6 Å². The van der Waals surface area contributed by atoms with Crippen LogP contribution in [0, 0.1) is 36.7 Å². The summed E-state index contributed by atoms with van der Waals surface area (Å²) in [4.78, 5) is 9.59. The molecule has 0 atom stereocenters.